The third kappa shape index (κ3) is 5.51. The molecule has 0 aliphatic carbocycles. The fourth-order valence-electron chi connectivity index (χ4n) is 7.78. The average molecular weight is 647 g/mol. The zero-order valence-electron chi connectivity index (χ0n) is 29.5. The zero-order chi connectivity index (χ0) is 34.4. The fourth-order valence-corrected chi connectivity index (χ4v) is 7.78. The topological polar surface area (TPSA) is 17.3 Å². The molecule has 0 spiro atoms. The fraction of sp³-hybridized carbons (Fsp3) is 0.146. The van der Waals surface area contributed by atoms with E-state index < -0.39 is 0 Å². The molecule has 1 aromatic heterocycles. The molecule has 0 fully saturated rings. The molecule has 244 valence electrons. The van der Waals surface area contributed by atoms with Crippen LogP contribution in [0, 0.1) is 33.6 Å². The molecule has 7 aromatic rings. The van der Waals surface area contributed by atoms with Crippen molar-refractivity contribution in [1.82, 2.24) is 4.57 Å². The second kappa shape index (κ2) is 12.9. The first-order valence-electron chi connectivity index (χ1n) is 17.8. The van der Waals surface area contributed by atoms with Crippen molar-refractivity contribution in [3.05, 3.63) is 185 Å². The van der Waals surface area contributed by atoms with E-state index in [1.165, 1.54) is 83.1 Å². The van der Waals surface area contributed by atoms with Gasteiger partial charge in [-0.1, -0.05) is 116 Å². The number of fused-ring (bicyclic) bond motifs is 3. The predicted molar refractivity (Wildman–Crippen MR) is 214 cm³/mol. The summed E-state index contributed by atoms with van der Waals surface area (Å²) < 4.78 is 2.43. The lowest BCUT2D eigenvalue weighted by molar-refractivity contribution is 0.819. The summed E-state index contributed by atoms with van der Waals surface area (Å²) in [5.74, 6) is 0.209. The molecular formula is C48H42N2. The lowest BCUT2D eigenvalue weighted by Crippen LogP contribution is -2.13. The normalized spacial score (nSPS) is 14.7. The number of aromatic nitrogens is 1. The molecule has 50 heavy (non-hydrogen) atoms. The molecule has 0 N–H and O–H groups in total. The summed E-state index contributed by atoms with van der Waals surface area (Å²) in [7, 11) is 0. The van der Waals surface area contributed by atoms with E-state index in [1.54, 1.807) is 0 Å². The highest BCUT2D eigenvalue weighted by Gasteiger charge is 2.22. The van der Waals surface area contributed by atoms with Crippen molar-refractivity contribution in [2.45, 2.75) is 41.0 Å². The van der Waals surface area contributed by atoms with Crippen LogP contribution in [0.4, 0.5) is 0 Å². The Bertz CT molecular complexity index is 2440. The van der Waals surface area contributed by atoms with Crippen molar-refractivity contribution in [3.8, 4) is 16.8 Å². The summed E-state index contributed by atoms with van der Waals surface area (Å²) in [5.41, 5.74) is 18.2. The van der Waals surface area contributed by atoms with Gasteiger partial charge in [-0.2, -0.15) is 0 Å². The SMILES string of the molecule is CCC1C=C(c2ccccc2)C=C(c2cc(C)c(-c3cc(C)c(-n4c5ccccc5c5ccccc54)cc3C)cc2C)N=C1c1ccccc1. The summed E-state index contributed by atoms with van der Waals surface area (Å²) in [6.45, 7) is 11.2. The highest BCUT2D eigenvalue weighted by atomic mass is 15.0. The van der Waals surface area contributed by atoms with Crippen molar-refractivity contribution in [2.24, 2.45) is 10.9 Å². The van der Waals surface area contributed by atoms with E-state index in [-0.39, 0.29) is 5.92 Å². The molecule has 1 unspecified atom stereocenters. The lowest BCUT2D eigenvalue weighted by atomic mass is 9.90. The molecule has 8 rings (SSSR count). The summed E-state index contributed by atoms with van der Waals surface area (Å²) in [4.78, 5) is 5.49. The largest absolute Gasteiger partial charge is 0.309 e. The number of aliphatic imine (C=N–C) groups is 1. The number of nitrogens with zero attached hydrogens (tertiary/aromatic N) is 2. The monoisotopic (exact) mass is 646 g/mol. The number of aryl methyl sites for hydroxylation is 4. The first-order chi connectivity index (χ1) is 24.4. The Morgan fingerprint density at radius 3 is 1.66 bits per heavy atom. The van der Waals surface area contributed by atoms with E-state index >= 15 is 0 Å². The van der Waals surface area contributed by atoms with Gasteiger partial charge in [0.1, 0.15) is 0 Å². The van der Waals surface area contributed by atoms with Crippen molar-refractivity contribution < 1.29 is 0 Å². The summed E-state index contributed by atoms with van der Waals surface area (Å²) >= 11 is 0. The first kappa shape index (κ1) is 31.5. The van der Waals surface area contributed by atoms with Gasteiger partial charge in [0.05, 0.1) is 22.4 Å². The van der Waals surface area contributed by atoms with Crippen LogP contribution in [0.2, 0.25) is 0 Å². The van der Waals surface area contributed by atoms with Crippen molar-refractivity contribution in [3.63, 3.8) is 0 Å². The quantitative estimate of drug-likeness (QED) is 0.171. The number of hydrogen-bond donors (Lipinski definition) is 0. The first-order valence-corrected chi connectivity index (χ1v) is 17.8. The molecular weight excluding hydrogens is 605 g/mol. The number of rotatable bonds is 6. The lowest BCUT2D eigenvalue weighted by Gasteiger charge is -2.19. The molecule has 1 atom stereocenters. The smallest absolute Gasteiger partial charge is 0.0714 e. The van der Waals surface area contributed by atoms with Crippen molar-refractivity contribution >= 4 is 38.8 Å². The standard InChI is InChI=1S/C48H42N2/c1-6-35-29-38(36-17-9-7-10-18-36)30-44(49-48(35)37-19-11-8-12-20-37)43-26-31(2)41(25-32(43)3)42-27-34(5)47(28-33(42)4)50-45-23-15-13-21-39(45)40-22-14-16-24-46(40)50/h7-30,35H,6H2,1-5H3. The molecule has 1 aliphatic heterocycles. The number of hydrogen-bond acceptors (Lipinski definition) is 1. The Labute approximate surface area is 295 Å². The second-order valence-electron chi connectivity index (χ2n) is 13.7. The minimum absolute atomic E-state index is 0.209. The van der Waals surface area contributed by atoms with Gasteiger partial charge in [0.25, 0.3) is 0 Å². The number of para-hydroxylation sites is 2. The van der Waals surface area contributed by atoms with Gasteiger partial charge < -0.3 is 4.57 Å². The van der Waals surface area contributed by atoms with E-state index in [1.807, 2.05) is 0 Å². The number of allylic oxidation sites excluding steroid dienone is 3. The van der Waals surface area contributed by atoms with Crippen LogP contribution in [-0.4, -0.2) is 10.3 Å². The molecule has 0 saturated heterocycles. The minimum Gasteiger partial charge on any atom is -0.309 e. The van der Waals surface area contributed by atoms with Gasteiger partial charge in [0.2, 0.25) is 0 Å². The third-order valence-electron chi connectivity index (χ3n) is 10.4. The summed E-state index contributed by atoms with van der Waals surface area (Å²) in [5, 5.41) is 2.57. The van der Waals surface area contributed by atoms with Crippen LogP contribution in [0.5, 0.6) is 0 Å². The zero-order valence-corrected chi connectivity index (χ0v) is 29.5. The van der Waals surface area contributed by atoms with Crippen LogP contribution in [0.1, 0.15) is 52.3 Å². The van der Waals surface area contributed by atoms with Gasteiger partial charge in [-0.25, -0.2) is 0 Å². The maximum atomic E-state index is 5.49. The third-order valence-corrected chi connectivity index (χ3v) is 10.4. The van der Waals surface area contributed by atoms with Crippen molar-refractivity contribution in [2.75, 3.05) is 0 Å². The highest BCUT2D eigenvalue weighted by molar-refractivity contribution is 6.10. The van der Waals surface area contributed by atoms with E-state index in [0.29, 0.717) is 0 Å². The van der Waals surface area contributed by atoms with Gasteiger partial charge in [-0.15, -0.1) is 0 Å². The molecule has 1 aliphatic rings. The van der Waals surface area contributed by atoms with Gasteiger partial charge in [-0.3, -0.25) is 4.99 Å². The Balaban J connectivity index is 1.25. The molecule has 0 bridgehead atoms. The van der Waals surface area contributed by atoms with E-state index in [2.05, 4.69) is 185 Å². The summed E-state index contributed by atoms with van der Waals surface area (Å²) in [6.07, 6.45) is 5.69. The highest BCUT2D eigenvalue weighted by Crippen LogP contribution is 2.39. The van der Waals surface area contributed by atoms with Crippen LogP contribution in [0.3, 0.4) is 0 Å². The molecule has 6 aromatic carbocycles. The average Bonchev–Trinajstić information content (AvgIpc) is 3.35. The van der Waals surface area contributed by atoms with Crippen LogP contribution in [-0.2, 0) is 0 Å². The van der Waals surface area contributed by atoms with Crippen LogP contribution in [0.25, 0.3) is 49.9 Å². The molecule has 0 amide bonds. The molecule has 0 saturated carbocycles. The Kier molecular flexibility index (Phi) is 8.17. The van der Waals surface area contributed by atoms with Crippen LogP contribution >= 0.6 is 0 Å². The van der Waals surface area contributed by atoms with Gasteiger partial charge >= 0.3 is 0 Å². The van der Waals surface area contributed by atoms with E-state index in [9.17, 15) is 0 Å². The summed E-state index contributed by atoms with van der Waals surface area (Å²) in [6, 6.07) is 48.4. The van der Waals surface area contributed by atoms with E-state index in [0.717, 1.165) is 17.8 Å². The van der Waals surface area contributed by atoms with Gasteiger partial charge in [0, 0.05) is 27.9 Å². The van der Waals surface area contributed by atoms with Crippen LogP contribution < -0.4 is 0 Å². The van der Waals surface area contributed by atoms with Crippen molar-refractivity contribution in [1.29, 1.82) is 0 Å². The van der Waals surface area contributed by atoms with E-state index in [4.69, 9.17) is 4.99 Å². The molecule has 2 nitrogen and oxygen atoms in total. The van der Waals surface area contributed by atoms with Gasteiger partial charge in [-0.05, 0) is 121 Å². The number of benzene rings is 6. The Morgan fingerprint density at radius 1 is 0.540 bits per heavy atom. The molecule has 2 heteroatoms. The predicted octanol–water partition coefficient (Wildman–Crippen LogP) is 12.6. The Hall–Kier alpha value is -5.73. The second-order valence-corrected chi connectivity index (χ2v) is 13.7. The minimum atomic E-state index is 0.209. The maximum Gasteiger partial charge on any atom is 0.0714 e. The van der Waals surface area contributed by atoms with Gasteiger partial charge in [0.15, 0.2) is 0 Å². The molecule has 2 heterocycles. The molecule has 0 radical (unpaired) electrons. The Morgan fingerprint density at radius 2 is 1.04 bits per heavy atom. The maximum absolute atomic E-state index is 5.49. The van der Waals surface area contributed by atoms with Crippen LogP contribution in [0.15, 0.2) is 151 Å².